The van der Waals surface area contributed by atoms with E-state index in [1.54, 1.807) is 30.5 Å². The lowest BCUT2D eigenvalue weighted by Gasteiger charge is -2.21. The number of nitrogens with zero attached hydrogens (tertiary/aromatic N) is 4. The molecular weight excluding hydrogens is 399 g/mol. The molecule has 2 aromatic heterocycles. The van der Waals surface area contributed by atoms with Crippen molar-refractivity contribution in [1.82, 2.24) is 15.1 Å². The van der Waals surface area contributed by atoms with Crippen molar-refractivity contribution < 1.29 is 18.4 Å². The van der Waals surface area contributed by atoms with Gasteiger partial charge < -0.3 is 9.26 Å². The molecule has 2 heterocycles. The molecule has 31 heavy (non-hydrogen) atoms. The molecule has 0 bridgehead atoms. The van der Waals surface area contributed by atoms with E-state index in [-0.39, 0.29) is 23.0 Å². The number of benzene rings is 2. The van der Waals surface area contributed by atoms with Gasteiger partial charge in [0.2, 0.25) is 11.8 Å². The molecule has 0 saturated heterocycles. The van der Waals surface area contributed by atoms with Crippen molar-refractivity contribution in [3.63, 3.8) is 0 Å². The van der Waals surface area contributed by atoms with Gasteiger partial charge in [-0.05, 0) is 36.8 Å². The van der Waals surface area contributed by atoms with E-state index in [2.05, 4.69) is 15.1 Å². The molecule has 4 aromatic rings. The number of halogens is 1. The maximum Gasteiger partial charge on any atom is 0.248 e. The smallest absolute Gasteiger partial charge is 0.248 e. The number of aromatic nitrogens is 3. The highest BCUT2D eigenvalue weighted by Gasteiger charge is 2.30. The van der Waals surface area contributed by atoms with E-state index in [1.165, 1.54) is 31.3 Å². The van der Waals surface area contributed by atoms with Crippen LogP contribution in [0.3, 0.4) is 0 Å². The third-order valence-electron chi connectivity index (χ3n) is 4.82. The quantitative estimate of drug-likeness (QED) is 0.457. The van der Waals surface area contributed by atoms with Crippen molar-refractivity contribution in [1.29, 1.82) is 0 Å². The van der Waals surface area contributed by atoms with Crippen LogP contribution >= 0.6 is 0 Å². The molecule has 156 valence electrons. The molecule has 0 fully saturated rings. The number of methoxy groups -OCH3 is 1. The third-order valence-corrected chi connectivity index (χ3v) is 4.82. The molecule has 8 heteroatoms. The average Bonchev–Trinajstić information content (AvgIpc) is 3.19. The SMILES string of the molecule is COc1ccc(-c2noc(N(C(C)=O)c3ccccc3C)c2-c2ccncn2)c(F)c1. The van der Waals surface area contributed by atoms with E-state index in [4.69, 9.17) is 9.26 Å². The molecule has 0 aliphatic heterocycles. The van der Waals surface area contributed by atoms with Crippen LogP contribution in [-0.2, 0) is 4.79 Å². The zero-order chi connectivity index (χ0) is 22.0. The zero-order valence-corrected chi connectivity index (χ0v) is 17.2. The van der Waals surface area contributed by atoms with Crippen molar-refractivity contribution in [2.45, 2.75) is 13.8 Å². The van der Waals surface area contributed by atoms with Gasteiger partial charge in [-0.2, -0.15) is 0 Å². The number of carbonyl (C=O) groups is 1. The Morgan fingerprint density at radius 3 is 2.61 bits per heavy atom. The first-order chi connectivity index (χ1) is 15.0. The van der Waals surface area contributed by atoms with Gasteiger partial charge in [-0.25, -0.2) is 19.3 Å². The lowest BCUT2D eigenvalue weighted by atomic mass is 10.0. The van der Waals surface area contributed by atoms with Crippen molar-refractivity contribution >= 4 is 17.5 Å². The van der Waals surface area contributed by atoms with Crippen molar-refractivity contribution in [3.8, 4) is 28.3 Å². The summed E-state index contributed by atoms with van der Waals surface area (Å²) in [5.74, 6) is -0.313. The van der Waals surface area contributed by atoms with Crippen molar-refractivity contribution in [2.75, 3.05) is 12.0 Å². The second-order valence-corrected chi connectivity index (χ2v) is 6.79. The summed E-state index contributed by atoms with van der Waals surface area (Å²) < 4.78 is 25.6. The molecule has 4 rings (SSSR count). The van der Waals surface area contributed by atoms with E-state index in [1.807, 2.05) is 25.1 Å². The predicted molar refractivity (Wildman–Crippen MR) is 113 cm³/mol. The average molecular weight is 418 g/mol. The minimum atomic E-state index is -0.542. The van der Waals surface area contributed by atoms with Gasteiger partial charge in [-0.1, -0.05) is 23.4 Å². The van der Waals surface area contributed by atoms with Crippen LogP contribution in [0.2, 0.25) is 0 Å². The van der Waals surface area contributed by atoms with Gasteiger partial charge >= 0.3 is 0 Å². The van der Waals surface area contributed by atoms with E-state index in [0.717, 1.165) is 5.56 Å². The summed E-state index contributed by atoms with van der Waals surface area (Å²) in [7, 11) is 1.46. The molecule has 2 aromatic carbocycles. The number of aryl methyl sites for hydroxylation is 1. The van der Waals surface area contributed by atoms with Gasteiger partial charge in [-0.3, -0.25) is 4.79 Å². The second kappa shape index (κ2) is 8.35. The molecule has 1 amide bonds. The molecule has 0 spiro atoms. The molecule has 0 atom stereocenters. The number of para-hydroxylation sites is 1. The topological polar surface area (TPSA) is 81.4 Å². The zero-order valence-electron chi connectivity index (χ0n) is 17.2. The first kappa shape index (κ1) is 20.2. The van der Waals surface area contributed by atoms with E-state index >= 15 is 0 Å². The highest BCUT2D eigenvalue weighted by molar-refractivity contribution is 6.03. The van der Waals surface area contributed by atoms with Gasteiger partial charge in [0.15, 0.2) is 0 Å². The highest BCUT2D eigenvalue weighted by atomic mass is 19.1. The van der Waals surface area contributed by atoms with Crippen LogP contribution in [0.25, 0.3) is 22.5 Å². The maximum absolute atomic E-state index is 14.9. The summed E-state index contributed by atoms with van der Waals surface area (Å²) in [6.07, 6.45) is 2.92. The van der Waals surface area contributed by atoms with Gasteiger partial charge in [-0.15, -0.1) is 0 Å². The number of ether oxygens (including phenoxy) is 1. The normalized spacial score (nSPS) is 10.7. The number of anilines is 2. The number of carbonyl (C=O) groups excluding carboxylic acids is 1. The number of rotatable bonds is 5. The standard InChI is InChI=1S/C23H19FN4O3/c1-14-6-4-5-7-20(14)28(15(2)29)23-21(19-10-11-25-13-26-19)22(27-31-23)17-9-8-16(30-3)12-18(17)24/h4-13H,1-3H3. The van der Waals surface area contributed by atoms with Crippen LogP contribution in [0.4, 0.5) is 16.0 Å². The van der Waals surface area contributed by atoms with Crippen LogP contribution in [0.1, 0.15) is 12.5 Å². The molecule has 7 nitrogen and oxygen atoms in total. The number of hydrogen-bond acceptors (Lipinski definition) is 6. The lowest BCUT2D eigenvalue weighted by molar-refractivity contribution is -0.116. The molecule has 0 radical (unpaired) electrons. The van der Waals surface area contributed by atoms with Gasteiger partial charge in [0.25, 0.3) is 0 Å². The first-order valence-corrected chi connectivity index (χ1v) is 9.47. The Bertz CT molecular complexity index is 1240. The van der Waals surface area contributed by atoms with Crippen LogP contribution < -0.4 is 9.64 Å². The molecule has 0 N–H and O–H groups in total. The first-order valence-electron chi connectivity index (χ1n) is 9.47. The fourth-order valence-electron chi connectivity index (χ4n) is 3.34. The summed E-state index contributed by atoms with van der Waals surface area (Å²) >= 11 is 0. The monoisotopic (exact) mass is 418 g/mol. The minimum absolute atomic E-state index is 0.144. The Balaban J connectivity index is 1.98. The van der Waals surface area contributed by atoms with Gasteiger partial charge in [0, 0.05) is 24.8 Å². The summed E-state index contributed by atoms with van der Waals surface area (Å²) in [6, 6.07) is 13.5. The fraction of sp³-hybridized carbons (Fsp3) is 0.130. The maximum atomic E-state index is 14.9. The molecular formula is C23H19FN4O3. The Labute approximate surface area is 178 Å². The third kappa shape index (κ3) is 3.75. The molecule has 0 aliphatic carbocycles. The summed E-state index contributed by atoms with van der Waals surface area (Å²) in [4.78, 5) is 22.3. The van der Waals surface area contributed by atoms with Crippen LogP contribution in [0.5, 0.6) is 5.75 Å². The van der Waals surface area contributed by atoms with E-state index in [0.29, 0.717) is 22.7 Å². The Hall–Kier alpha value is -4.07. The number of amides is 1. The fourth-order valence-corrected chi connectivity index (χ4v) is 3.34. The molecule has 0 saturated carbocycles. The van der Waals surface area contributed by atoms with Gasteiger partial charge in [0.1, 0.15) is 23.6 Å². The van der Waals surface area contributed by atoms with E-state index < -0.39 is 5.82 Å². The molecule has 0 unspecified atom stereocenters. The van der Waals surface area contributed by atoms with E-state index in [9.17, 15) is 9.18 Å². The largest absolute Gasteiger partial charge is 0.497 e. The predicted octanol–water partition coefficient (Wildman–Crippen LogP) is 4.94. The summed E-state index contributed by atoms with van der Waals surface area (Å²) in [6.45, 7) is 3.31. The summed E-state index contributed by atoms with van der Waals surface area (Å²) in [5, 5.41) is 4.13. The summed E-state index contributed by atoms with van der Waals surface area (Å²) in [5.41, 5.74) is 2.72. The van der Waals surface area contributed by atoms with Crippen LogP contribution in [0, 0.1) is 12.7 Å². The van der Waals surface area contributed by atoms with Crippen LogP contribution in [-0.4, -0.2) is 28.1 Å². The van der Waals surface area contributed by atoms with Gasteiger partial charge in [0.05, 0.1) is 24.1 Å². The Morgan fingerprint density at radius 2 is 1.97 bits per heavy atom. The highest BCUT2D eigenvalue weighted by Crippen LogP contribution is 2.42. The lowest BCUT2D eigenvalue weighted by Crippen LogP contribution is -2.23. The van der Waals surface area contributed by atoms with Crippen molar-refractivity contribution in [2.24, 2.45) is 0 Å². The second-order valence-electron chi connectivity index (χ2n) is 6.79. The van der Waals surface area contributed by atoms with Crippen LogP contribution in [0.15, 0.2) is 65.6 Å². The minimum Gasteiger partial charge on any atom is -0.497 e. The van der Waals surface area contributed by atoms with Crippen molar-refractivity contribution in [3.05, 3.63) is 72.4 Å². The Kier molecular flexibility index (Phi) is 5.44. The Morgan fingerprint density at radius 1 is 1.16 bits per heavy atom. The molecule has 0 aliphatic rings. The number of hydrogen-bond donors (Lipinski definition) is 0.